The van der Waals surface area contributed by atoms with E-state index < -0.39 is 7.41 Å². The van der Waals surface area contributed by atoms with Crippen molar-refractivity contribution in [2.45, 2.75) is 0 Å². The lowest BCUT2D eigenvalue weighted by Gasteiger charge is -2.43. The van der Waals surface area contributed by atoms with Gasteiger partial charge in [0.15, 0.2) is 0 Å². The fourth-order valence-corrected chi connectivity index (χ4v) is 3.51. The van der Waals surface area contributed by atoms with E-state index in [2.05, 4.69) is 27.6 Å². The average molecular weight is 219 g/mol. The smallest absolute Gasteiger partial charge is 0.130 e. The Morgan fingerprint density at radius 2 is 1.71 bits per heavy atom. The van der Waals surface area contributed by atoms with Crippen molar-refractivity contribution in [2.24, 2.45) is 0 Å². The van der Waals surface area contributed by atoms with Crippen LogP contribution >= 0.6 is 7.41 Å². The molecular weight excluding hydrogens is 197 g/mol. The molecule has 14 heavy (non-hydrogen) atoms. The van der Waals surface area contributed by atoms with Crippen LogP contribution in [0.2, 0.25) is 0 Å². The van der Waals surface area contributed by atoms with E-state index in [0.29, 0.717) is 0 Å². The molecule has 0 N–H and O–H groups in total. The van der Waals surface area contributed by atoms with Crippen LogP contribution in [0.15, 0.2) is 0 Å². The molecule has 84 valence electrons. The zero-order chi connectivity index (χ0) is 10.8. The zero-order valence-corrected chi connectivity index (χ0v) is 10.6. The van der Waals surface area contributed by atoms with Crippen molar-refractivity contribution in [3.05, 3.63) is 0 Å². The van der Waals surface area contributed by atoms with Gasteiger partial charge in [-0.05, 0) is 27.4 Å². The van der Waals surface area contributed by atoms with Gasteiger partial charge in [-0.2, -0.15) is 0 Å². The van der Waals surface area contributed by atoms with Gasteiger partial charge in [0.1, 0.15) is 7.41 Å². The van der Waals surface area contributed by atoms with Crippen molar-refractivity contribution in [3.8, 4) is 0 Å². The number of likely N-dealkylation sites (N-methyl/N-ethyl adjacent to an activating group) is 1. The van der Waals surface area contributed by atoms with Crippen molar-refractivity contribution >= 4 is 13.7 Å². The highest BCUT2D eigenvalue weighted by Crippen LogP contribution is 2.51. The molecule has 0 aliphatic carbocycles. The summed E-state index contributed by atoms with van der Waals surface area (Å²) in [6.45, 7) is 4.32. The lowest BCUT2D eigenvalue weighted by Crippen LogP contribution is -2.44. The van der Waals surface area contributed by atoms with Gasteiger partial charge < -0.3 is 9.42 Å². The zero-order valence-electron chi connectivity index (χ0n) is 9.73. The van der Waals surface area contributed by atoms with E-state index in [-0.39, 0.29) is 0 Å². The Bertz CT molecular complexity index is 224. The molecule has 0 aromatic carbocycles. The van der Waals surface area contributed by atoms with Crippen LogP contribution in [0.4, 0.5) is 0 Å². The highest BCUT2D eigenvalue weighted by Gasteiger charge is 2.28. The number of hydrogen-bond donors (Lipinski definition) is 0. The summed E-state index contributed by atoms with van der Waals surface area (Å²) in [5.41, 5.74) is 0. The van der Waals surface area contributed by atoms with Gasteiger partial charge in [0.2, 0.25) is 0 Å². The molecule has 4 nitrogen and oxygen atoms in total. The van der Waals surface area contributed by atoms with Crippen LogP contribution in [0, 0.1) is 0 Å². The second-order valence-electron chi connectivity index (χ2n) is 3.95. The quantitative estimate of drug-likeness (QED) is 0.648. The van der Waals surface area contributed by atoms with Crippen LogP contribution in [0.1, 0.15) is 0 Å². The highest BCUT2D eigenvalue weighted by atomic mass is 31.2. The molecule has 0 radical (unpaired) electrons. The van der Waals surface area contributed by atoms with Gasteiger partial charge in [0, 0.05) is 33.3 Å². The van der Waals surface area contributed by atoms with Crippen LogP contribution in [-0.4, -0.2) is 75.0 Å². The standard InChI is InChI=1S/C9H22N3OP/c1-10(2)14(5,13-4)12-8-6-11(3)7-9-12/h5-9H2,1-4H3. The second-order valence-corrected chi connectivity index (χ2v) is 7.01. The Morgan fingerprint density at radius 1 is 1.21 bits per heavy atom. The summed E-state index contributed by atoms with van der Waals surface area (Å²) in [4.78, 5) is 2.34. The third-order valence-corrected chi connectivity index (χ3v) is 5.96. The minimum Gasteiger partial charge on any atom is -0.338 e. The number of rotatable bonds is 3. The molecule has 0 saturated carbocycles. The summed E-state index contributed by atoms with van der Waals surface area (Å²) in [7, 11) is 6.27. The normalized spacial score (nSPS) is 25.2. The molecule has 1 aliphatic heterocycles. The molecule has 0 amide bonds. The van der Waals surface area contributed by atoms with Gasteiger partial charge >= 0.3 is 0 Å². The molecule has 1 unspecified atom stereocenters. The summed E-state index contributed by atoms with van der Waals surface area (Å²) < 4.78 is 10.1. The molecular formula is C9H22N3OP. The Labute approximate surface area is 87.6 Å². The molecule has 1 rings (SSSR count). The summed E-state index contributed by atoms with van der Waals surface area (Å²) >= 11 is 0. The average Bonchev–Trinajstić information content (AvgIpc) is 2.17. The predicted octanol–water partition coefficient (Wildman–Crippen LogP) is 0.636. The van der Waals surface area contributed by atoms with E-state index in [1.807, 2.05) is 14.1 Å². The van der Waals surface area contributed by atoms with Crippen molar-refractivity contribution in [1.29, 1.82) is 0 Å². The monoisotopic (exact) mass is 219 g/mol. The second kappa shape index (κ2) is 4.77. The molecule has 0 aromatic heterocycles. The van der Waals surface area contributed by atoms with E-state index in [0.717, 1.165) is 26.2 Å². The van der Waals surface area contributed by atoms with Crippen LogP contribution in [0.25, 0.3) is 0 Å². The number of piperazine rings is 1. The molecule has 1 heterocycles. The molecule has 0 spiro atoms. The van der Waals surface area contributed by atoms with Crippen LogP contribution in [0.3, 0.4) is 0 Å². The fraction of sp³-hybridized carbons (Fsp3) is 0.889. The first-order valence-corrected chi connectivity index (χ1v) is 6.71. The maximum atomic E-state index is 5.61. The Kier molecular flexibility index (Phi) is 4.16. The van der Waals surface area contributed by atoms with E-state index in [1.165, 1.54) is 0 Å². The fourth-order valence-electron chi connectivity index (χ4n) is 1.64. The van der Waals surface area contributed by atoms with Gasteiger partial charge in [-0.1, -0.05) is 0 Å². The Hall–Kier alpha value is 0.140. The maximum absolute atomic E-state index is 5.61. The molecule has 5 heteroatoms. The number of hydrogen-bond acceptors (Lipinski definition) is 4. The van der Waals surface area contributed by atoms with Crippen molar-refractivity contribution in [3.63, 3.8) is 0 Å². The third-order valence-electron chi connectivity index (χ3n) is 2.84. The molecule has 1 fully saturated rings. The Morgan fingerprint density at radius 3 is 2.07 bits per heavy atom. The summed E-state index contributed by atoms with van der Waals surface area (Å²) in [5.74, 6) is 0. The maximum Gasteiger partial charge on any atom is 0.130 e. The Balaban J connectivity index is 2.67. The predicted molar refractivity (Wildman–Crippen MR) is 63.8 cm³/mol. The topological polar surface area (TPSA) is 19.0 Å². The first-order chi connectivity index (χ1) is 6.50. The van der Waals surface area contributed by atoms with E-state index in [1.54, 1.807) is 7.11 Å². The summed E-state index contributed by atoms with van der Waals surface area (Å²) in [6, 6.07) is 0. The molecule has 0 bridgehead atoms. The van der Waals surface area contributed by atoms with E-state index >= 15 is 0 Å². The highest BCUT2D eigenvalue weighted by molar-refractivity contribution is 7.64. The SMILES string of the molecule is C=P(OC)(N(C)C)N1CCN(C)CC1. The summed E-state index contributed by atoms with van der Waals surface area (Å²) in [5, 5.41) is 0. The van der Waals surface area contributed by atoms with Crippen molar-refractivity contribution < 1.29 is 4.52 Å². The van der Waals surface area contributed by atoms with E-state index in [4.69, 9.17) is 4.52 Å². The molecule has 1 aliphatic rings. The van der Waals surface area contributed by atoms with Gasteiger partial charge in [0.25, 0.3) is 0 Å². The van der Waals surface area contributed by atoms with Gasteiger partial charge in [-0.3, -0.25) is 4.67 Å². The van der Waals surface area contributed by atoms with Gasteiger partial charge in [-0.15, -0.1) is 0 Å². The first-order valence-electron chi connectivity index (χ1n) is 4.91. The third kappa shape index (κ3) is 2.38. The van der Waals surface area contributed by atoms with Crippen molar-refractivity contribution in [2.75, 3.05) is 54.4 Å². The number of nitrogens with zero attached hydrogens (tertiary/aromatic N) is 3. The minimum absolute atomic E-state index is 1.06. The molecule has 1 atom stereocenters. The first kappa shape index (κ1) is 12.2. The van der Waals surface area contributed by atoms with Crippen molar-refractivity contribution in [1.82, 2.24) is 14.2 Å². The van der Waals surface area contributed by atoms with Crippen LogP contribution in [-0.2, 0) is 4.52 Å². The molecule has 1 saturated heterocycles. The van der Waals surface area contributed by atoms with Crippen LogP contribution in [0.5, 0.6) is 0 Å². The lowest BCUT2D eigenvalue weighted by atomic mass is 10.4. The van der Waals surface area contributed by atoms with Gasteiger partial charge in [0.05, 0.1) is 0 Å². The molecule has 0 aromatic rings. The lowest BCUT2D eigenvalue weighted by molar-refractivity contribution is 0.204. The van der Waals surface area contributed by atoms with E-state index in [9.17, 15) is 0 Å². The van der Waals surface area contributed by atoms with Crippen LogP contribution < -0.4 is 0 Å². The summed E-state index contributed by atoms with van der Waals surface area (Å²) in [6.07, 6.45) is 4.26. The van der Waals surface area contributed by atoms with Gasteiger partial charge in [-0.25, -0.2) is 4.67 Å². The largest absolute Gasteiger partial charge is 0.338 e. The minimum atomic E-state index is -1.73.